The third-order valence-electron chi connectivity index (χ3n) is 4.98. The lowest BCUT2D eigenvalue weighted by molar-refractivity contribution is -0.172. The molecule has 2 aromatic rings. The van der Waals surface area contributed by atoms with Crippen LogP contribution in [-0.2, 0) is 15.3 Å². The van der Waals surface area contributed by atoms with Gasteiger partial charge >= 0.3 is 0 Å². The summed E-state index contributed by atoms with van der Waals surface area (Å²) < 4.78 is 28.4. The maximum atomic E-state index is 9.65. The van der Waals surface area contributed by atoms with Crippen molar-refractivity contribution in [2.45, 2.75) is 24.5 Å². The number of hydrogen-bond acceptors (Lipinski definition) is 6. The molecule has 0 saturated carbocycles. The maximum absolute atomic E-state index is 9.65. The van der Waals surface area contributed by atoms with Crippen LogP contribution < -0.4 is 14.2 Å². The molecule has 6 heteroatoms. The summed E-state index contributed by atoms with van der Waals surface area (Å²) in [7, 11) is 4.71. The molecule has 0 aliphatic carbocycles. The number of methoxy groups -OCH3 is 3. The van der Waals surface area contributed by atoms with Crippen LogP contribution in [0.15, 0.2) is 42.5 Å². The Morgan fingerprint density at radius 3 is 2.11 bits per heavy atom. The highest BCUT2D eigenvalue weighted by atomic mass is 16.7. The quantitative estimate of drug-likeness (QED) is 0.686. The van der Waals surface area contributed by atoms with E-state index in [4.69, 9.17) is 23.7 Å². The fourth-order valence-corrected chi connectivity index (χ4v) is 3.54. The Balaban J connectivity index is 1.91. The smallest absolute Gasteiger partial charge is 0.203 e. The summed E-state index contributed by atoms with van der Waals surface area (Å²) >= 11 is 0. The average Bonchev–Trinajstić information content (AvgIpc) is 3.24. The van der Waals surface area contributed by atoms with Gasteiger partial charge in [0.25, 0.3) is 0 Å². The molecule has 28 heavy (non-hydrogen) atoms. The number of nitrogens with zero attached hydrogens (tertiary/aromatic N) is 1. The SMILES string of the molecule is COc1cc(C2(CCC(C#N)c3ccccc3)OCCO2)cc(OC)c1OC. The van der Waals surface area contributed by atoms with Crippen molar-refractivity contribution in [1.82, 2.24) is 0 Å². The van der Waals surface area contributed by atoms with Crippen LogP contribution in [0.1, 0.15) is 29.9 Å². The third kappa shape index (κ3) is 3.91. The Morgan fingerprint density at radius 1 is 1.00 bits per heavy atom. The molecule has 1 atom stereocenters. The molecule has 1 heterocycles. The number of benzene rings is 2. The molecule has 0 aromatic heterocycles. The van der Waals surface area contributed by atoms with Crippen molar-refractivity contribution < 1.29 is 23.7 Å². The zero-order chi connectivity index (χ0) is 20.0. The van der Waals surface area contributed by atoms with Crippen LogP contribution in [0.3, 0.4) is 0 Å². The van der Waals surface area contributed by atoms with Gasteiger partial charge in [-0.25, -0.2) is 0 Å². The minimum atomic E-state index is -0.948. The molecule has 3 rings (SSSR count). The summed E-state index contributed by atoms with van der Waals surface area (Å²) in [5.41, 5.74) is 1.77. The van der Waals surface area contributed by atoms with E-state index in [1.165, 1.54) is 0 Å². The second-order valence-electron chi connectivity index (χ2n) is 6.49. The minimum absolute atomic E-state index is 0.243. The normalized spacial score (nSPS) is 16.2. The Hall–Kier alpha value is -2.75. The van der Waals surface area contributed by atoms with E-state index in [1.807, 2.05) is 42.5 Å². The minimum Gasteiger partial charge on any atom is -0.493 e. The first-order chi connectivity index (χ1) is 13.7. The van der Waals surface area contributed by atoms with Crippen LogP contribution in [0.5, 0.6) is 17.2 Å². The molecule has 0 bridgehead atoms. The zero-order valence-corrected chi connectivity index (χ0v) is 16.4. The van der Waals surface area contributed by atoms with Crippen LogP contribution in [0.25, 0.3) is 0 Å². The van der Waals surface area contributed by atoms with E-state index in [0.717, 1.165) is 11.1 Å². The van der Waals surface area contributed by atoms with E-state index in [2.05, 4.69) is 6.07 Å². The maximum Gasteiger partial charge on any atom is 0.203 e. The monoisotopic (exact) mass is 383 g/mol. The van der Waals surface area contributed by atoms with Crippen LogP contribution in [0, 0.1) is 11.3 Å². The predicted molar refractivity (Wildman–Crippen MR) is 104 cm³/mol. The lowest BCUT2D eigenvalue weighted by Crippen LogP contribution is -2.28. The summed E-state index contributed by atoms with van der Waals surface area (Å²) in [6.45, 7) is 0.971. The molecule has 0 amide bonds. The van der Waals surface area contributed by atoms with Gasteiger partial charge in [-0.05, 0) is 24.1 Å². The molecule has 6 nitrogen and oxygen atoms in total. The van der Waals surface area contributed by atoms with Crippen molar-refractivity contribution in [3.05, 3.63) is 53.6 Å². The van der Waals surface area contributed by atoms with E-state index in [-0.39, 0.29) is 5.92 Å². The zero-order valence-electron chi connectivity index (χ0n) is 16.4. The molecule has 0 N–H and O–H groups in total. The molecule has 0 radical (unpaired) electrons. The van der Waals surface area contributed by atoms with Crippen molar-refractivity contribution in [3.63, 3.8) is 0 Å². The first-order valence-corrected chi connectivity index (χ1v) is 9.20. The van der Waals surface area contributed by atoms with Gasteiger partial charge in [0.2, 0.25) is 5.75 Å². The molecule has 148 valence electrons. The van der Waals surface area contributed by atoms with Gasteiger partial charge in [-0.3, -0.25) is 0 Å². The Morgan fingerprint density at radius 2 is 1.61 bits per heavy atom. The van der Waals surface area contributed by atoms with Gasteiger partial charge in [0, 0.05) is 12.0 Å². The fourth-order valence-electron chi connectivity index (χ4n) is 3.54. The van der Waals surface area contributed by atoms with Gasteiger partial charge in [-0.15, -0.1) is 0 Å². The van der Waals surface area contributed by atoms with Crippen LogP contribution in [-0.4, -0.2) is 34.5 Å². The molecule has 1 fully saturated rings. The van der Waals surface area contributed by atoms with Crippen molar-refractivity contribution in [3.8, 4) is 23.3 Å². The molecule has 1 saturated heterocycles. The van der Waals surface area contributed by atoms with E-state index < -0.39 is 5.79 Å². The highest BCUT2D eigenvalue weighted by Gasteiger charge is 2.40. The largest absolute Gasteiger partial charge is 0.493 e. The van der Waals surface area contributed by atoms with Crippen LogP contribution in [0.2, 0.25) is 0 Å². The molecule has 1 unspecified atom stereocenters. The highest BCUT2D eigenvalue weighted by molar-refractivity contribution is 5.54. The first kappa shape index (κ1) is 20.0. The standard InChI is InChI=1S/C22H25NO5/c1-24-19-13-18(14-20(25-2)21(19)26-3)22(27-11-12-28-22)10-9-17(15-23)16-7-5-4-6-8-16/h4-8,13-14,17H,9-12H2,1-3H3. The van der Waals surface area contributed by atoms with Crippen molar-refractivity contribution >= 4 is 0 Å². The number of nitriles is 1. The van der Waals surface area contributed by atoms with E-state index >= 15 is 0 Å². The number of rotatable bonds is 8. The molecule has 1 aliphatic heterocycles. The van der Waals surface area contributed by atoms with Gasteiger partial charge in [0.05, 0.1) is 46.5 Å². The van der Waals surface area contributed by atoms with Crippen LogP contribution >= 0.6 is 0 Å². The van der Waals surface area contributed by atoms with E-state index in [9.17, 15) is 5.26 Å². The second kappa shape index (κ2) is 8.96. The summed E-state index contributed by atoms with van der Waals surface area (Å²) in [6, 6.07) is 15.8. The molecular weight excluding hydrogens is 358 g/mol. The molecule has 1 aliphatic rings. The van der Waals surface area contributed by atoms with Crippen molar-refractivity contribution in [2.75, 3.05) is 34.5 Å². The topological polar surface area (TPSA) is 69.9 Å². The summed E-state index contributed by atoms with van der Waals surface area (Å²) in [5, 5.41) is 9.65. The lowest BCUT2D eigenvalue weighted by atomic mass is 9.90. The number of hydrogen-bond donors (Lipinski definition) is 0. The van der Waals surface area contributed by atoms with Crippen molar-refractivity contribution in [2.24, 2.45) is 0 Å². The fraction of sp³-hybridized carbons (Fsp3) is 0.409. The predicted octanol–water partition coefficient (Wildman–Crippen LogP) is 4.00. The van der Waals surface area contributed by atoms with Gasteiger partial charge in [0.1, 0.15) is 0 Å². The Kier molecular flexibility index (Phi) is 6.40. The van der Waals surface area contributed by atoms with Gasteiger partial charge in [-0.1, -0.05) is 30.3 Å². The van der Waals surface area contributed by atoms with Crippen molar-refractivity contribution in [1.29, 1.82) is 5.26 Å². The Bertz CT molecular complexity index is 800. The first-order valence-electron chi connectivity index (χ1n) is 9.20. The molecule has 0 spiro atoms. The summed E-state index contributed by atoms with van der Waals surface area (Å²) in [6.07, 6.45) is 1.12. The number of ether oxygens (including phenoxy) is 5. The lowest BCUT2D eigenvalue weighted by Gasteiger charge is -2.30. The van der Waals surface area contributed by atoms with E-state index in [1.54, 1.807) is 21.3 Å². The van der Waals surface area contributed by atoms with Crippen LogP contribution in [0.4, 0.5) is 0 Å². The summed E-state index contributed by atoms with van der Waals surface area (Å²) in [5.74, 6) is 0.399. The molecular formula is C22H25NO5. The second-order valence-corrected chi connectivity index (χ2v) is 6.49. The highest BCUT2D eigenvalue weighted by Crippen LogP contribution is 2.45. The Labute approximate surface area is 165 Å². The third-order valence-corrected chi connectivity index (χ3v) is 4.98. The van der Waals surface area contributed by atoms with E-state index in [0.29, 0.717) is 43.3 Å². The molecule has 2 aromatic carbocycles. The van der Waals surface area contributed by atoms with Gasteiger partial charge in [-0.2, -0.15) is 5.26 Å². The van der Waals surface area contributed by atoms with Gasteiger partial charge < -0.3 is 23.7 Å². The average molecular weight is 383 g/mol. The van der Waals surface area contributed by atoms with Gasteiger partial charge in [0.15, 0.2) is 17.3 Å². The summed E-state index contributed by atoms with van der Waals surface area (Å²) in [4.78, 5) is 0.